The lowest BCUT2D eigenvalue weighted by molar-refractivity contribution is -0.119. The van der Waals surface area contributed by atoms with Crippen LogP contribution in [0.4, 0.5) is 0 Å². The molecule has 0 aliphatic carbocycles. The molecule has 0 spiro atoms. The van der Waals surface area contributed by atoms with Gasteiger partial charge < -0.3 is 5.32 Å². The first-order valence-electron chi connectivity index (χ1n) is 7.14. The van der Waals surface area contributed by atoms with Gasteiger partial charge in [-0.05, 0) is 23.3 Å². The Hall–Kier alpha value is -1.35. The van der Waals surface area contributed by atoms with Gasteiger partial charge in [0.2, 0.25) is 5.91 Å². The number of amides is 1. The van der Waals surface area contributed by atoms with Gasteiger partial charge in [-0.1, -0.05) is 71.3 Å². The fourth-order valence-electron chi connectivity index (χ4n) is 2.09. The van der Waals surface area contributed by atoms with Crippen molar-refractivity contribution in [2.24, 2.45) is 0 Å². The summed E-state index contributed by atoms with van der Waals surface area (Å²) in [5.41, 5.74) is 1.08. The molecule has 0 aliphatic rings. The predicted octanol–water partition coefficient (Wildman–Crippen LogP) is 4.32. The van der Waals surface area contributed by atoms with Crippen molar-refractivity contribution in [1.82, 2.24) is 15.5 Å². The third-order valence-electron chi connectivity index (χ3n) is 3.16. The van der Waals surface area contributed by atoms with Crippen LogP contribution in [0.5, 0.6) is 0 Å². The number of nitrogens with zero attached hydrogens (tertiary/aromatic N) is 2. The molecule has 1 atom stereocenters. The Morgan fingerprint density at radius 2 is 1.96 bits per heavy atom. The maximum Gasteiger partial charge on any atom is 0.231 e. The van der Waals surface area contributed by atoms with Crippen LogP contribution in [-0.4, -0.2) is 28.1 Å². The average molecular weight is 394 g/mol. The molecule has 0 aliphatic heterocycles. The van der Waals surface area contributed by atoms with Crippen LogP contribution in [-0.2, 0) is 4.79 Å². The van der Waals surface area contributed by atoms with Crippen molar-refractivity contribution < 1.29 is 4.79 Å². The minimum atomic E-state index is -0.115. The molecular formula is C16H15N3OS4. The van der Waals surface area contributed by atoms with Gasteiger partial charge in [0.15, 0.2) is 8.68 Å². The Bertz CT molecular complexity index is 774. The van der Waals surface area contributed by atoms with Crippen molar-refractivity contribution >= 4 is 52.1 Å². The third-order valence-corrected chi connectivity index (χ3v) is 7.12. The molecule has 4 nitrogen and oxygen atoms in total. The van der Waals surface area contributed by atoms with Crippen LogP contribution in [0.1, 0.15) is 16.5 Å². The molecule has 0 unspecified atom stereocenters. The van der Waals surface area contributed by atoms with Crippen LogP contribution in [0.25, 0.3) is 0 Å². The number of benzene rings is 1. The smallest absolute Gasteiger partial charge is 0.231 e. The van der Waals surface area contributed by atoms with Gasteiger partial charge >= 0.3 is 0 Å². The minimum absolute atomic E-state index is 0.0110. The van der Waals surface area contributed by atoms with Gasteiger partial charge in [0.05, 0.1) is 11.8 Å². The average Bonchev–Trinajstić information content (AvgIpc) is 3.30. The van der Waals surface area contributed by atoms with Crippen molar-refractivity contribution in [3.63, 3.8) is 0 Å². The minimum Gasteiger partial charge on any atom is -0.344 e. The topological polar surface area (TPSA) is 54.9 Å². The molecule has 3 aromatic rings. The zero-order valence-electron chi connectivity index (χ0n) is 12.8. The van der Waals surface area contributed by atoms with E-state index in [9.17, 15) is 4.79 Å². The van der Waals surface area contributed by atoms with Gasteiger partial charge in [-0.15, -0.1) is 21.5 Å². The van der Waals surface area contributed by atoms with Crippen molar-refractivity contribution in [1.29, 1.82) is 0 Å². The summed E-state index contributed by atoms with van der Waals surface area (Å²) in [4.78, 5) is 13.5. The second kappa shape index (κ2) is 8.66. The van der Waals surface area contributed by atoms with Crippen molar-refractivity contribution in [3.8, 4) is 0 Å². The van der Waals surface area contributed by atoms with Gasteiger partial charge in [0, 0.05) is 4.88 Å². The predicted molar refractivity (Wildman–Crippen MR) is 103 cm³/mol. The molecule has 0 radical (unpaired) electrons. The largest absolute Gasteiger partial charge is 0.344 e. The highest BCUT2D eigenvalue weighted by Gasteiger charge is 2.18. The number of thiophene rings is 1. The molecule has 8 heteroatoms. The number of aromatic nitrogens is 2. The fourth-order valence-corrected chi connectivity index (χ4v) is 5.14. The first-order valence-corrected chi connectivity index (χ1v) is 11.0. The molecule has 2 aromatic heterocycles. The van der Waals surface area contributed by atoms with E-state index in [2.05, 4.69) is 15.5 Å². The summed E-state index contributed by atoms with van der Waals surface area (Å²) in [5.74, 6) is 0.320. The maximum absolute atomic E-state index is 12.4. The van der Waals surface area contributed by atoms with E-state index in [-0.39, 0.29) is 11.9 Å². The molecule has 24 heavy (non-hydrogen) atoms. The van der Waals surface area contributed by atoms with E-state index in [1.165, 1.54) is 23.1 Å². The highest BCUT2D eigenvalue weighted by Crippen LogP contribution is 2.28. The van der Waals surface area contributed by atoms with Crippen LogP contribution < -0.4 is 5.32 Å². The Balaban J connectivity index is 1.65. The maximum atomic E-state index is 12.4. The van der Waals surface area contributed by atoms with Gasteiger partial charge in [0.1, 0.15) is 0 Å². The zero-order valence-corrected chi connectivity index (χ0v) is 16.1. The first kappa shape index (κ1) is 17.5. The van der Waals surface area contributed by atoms with E-state index in [1.54, 1.807) is 23.1 Å². The zero-order chi connectivity index (χ0) is 16.8. The number of hydrogen-bond donors (Lipinski definition) is 1. The number of carbonyl (C=O) groups is 1. The molecule has 1 amide bonds. The van der Waals surface area contributed by atoms with Crippen LogP contribution in [0.3, 0.4) is 0 Å². The standard InChI is InChI=1S/C16H15N3OS4/c1-21-15-18-19-16(24-15)23-10-13(20)17-14(12-8-5-9-22-12)11-6-3-2-4-7-11/h2-9,14H,10H2,1H3,(H,17,20)/t14-/m0/s1. The van der Waals surface area contributed by atoms with Crippen molar-refractivity contribution in [2.45, 2.75) is 14.7 Å². The lowest BCUT2D eigenvalue weighted by Gasteiger charge is -2.17. The molecule has 1 N–H and O–H groups in total. The summed E-state index contributed by atoms with van der Waals surface area (Å²) in [6.07, 6.45) is 1.97. The summed E-state index contributed by atoms with van der Waals surface area (Å²) in [7, 11) is 0. The highest BCUT2D eigenvalue weighted by atomic mass is 32.2. The van der Waals surface area contributed by atoms with E-state index < -0.39 is 0 Å². The summed E-state index contributed by atoms with van der Waals surface area (Å²) >= 11 is 6.14. The Morgan fingerprint density at radius 3 is 2.62 bits per heavy atom. The monoisotopic (exact) mass is 393 g/mol. The molecule has 2 heterocycles. The summed E-state index contributed by atoms with van der Waals surface area (Å²) < 4.78 is 1.74. The SMILES string of the molecule is CSc1nnc(SCC(=O)N[C@@H](c2ccccc2)c2cccs2)s1. The van der Waals surface area contributed by atoms with Crippen LogP contribution in [0, 0.1) is 0 Å². The molecule has 124 valence electrons. The van der Waals surface area contributed by atoms with Crippen LogP contribution >= 0.6 is 46.2 Å². The van der Waals surface area contributed by atoms with Gasteiger partial charge in [0.25, 0.3) is 0 Å². The number of carbonyl (C=O) groups excluding carboxylic acids is 1. The van der Waals surface area contributed by atoms with Crippen molar-refractivity contribution in [3.05, 3.63) is 58.3 Å². The lowest BCUT2D eigenvalue weighted by atomic mass is 10.1. The molecule has 3 rings (SSSR count). The number of nitrogens with one attached hydrogen (secondary N) is 1. The molecule has 0 saturated heterocycles. The van der Waals surface area contributed by atoms with E-state index in [1.807, 2.05) is 54.1 Å². The molecular weight excluding hydrogens is 378 g/mol. The Kier molecular flexibility index (Phi) is 6.30. The van der Waals surface area contributed by atoms with E-state index in [4.69, 9.17) is 0 Å². The number of rotatable bonds is 7. The lowest BCUT2D eigenvalue weighted by Crippen LogP contribution is -2.30. The third kappa shape index (κ3) is 4.60. The second-order valence-electron chi connectivity index (χ2n) is 4.75. The fraction of sp³-hybridized carbons (Fsp3) is 0.188. The second-order valence-corrected chi connectivity index (χ2v) is 8.99. The number of hydrogen-bond acceptors (Lipinski definition) is 7. The molecule has 0 saturated carbocycles. The summed E-state index contributed by atoms with van der Waals surface area (Å²) in [6, 6.07) is 14.0. The molecule has 0 fully saturated rings. The first-order chi connectivity index (χ1) is 11.8. The Labute approximate surface area is 157 Å². The van der Waals surface area contributed by atoms with Crippen LogP contribution in [0.15, 0.2) is 56.5 Å². The summed E-state index contributed by atoms with van der Waals surface area (Å²) in [6.45, 7) is 0. The molecule has 0 bridgehead atoms. The van der Waals surface area contributed by atoms with Gasteiger partial charge in [-0.25, -0.2) is 0 Å². The quantitative estimate of drug-likeness (QED) is 0.606. The van der Waals surface area contributed by atoms with Crippen LogP contribution in [0.2, 0.25) is 0 Å². The Morgan fingerprint density at radius 1 is 1.17 bits per heavy atom. The van der Waals surface area contributed by atoms with Gasteiger partial charge in [-0.2, -0.15) is 0 Å². The van der Waals surface area contributed by atoms with E-state index in [0.29, 0.717) is 5.75 Å². The number of thioether (sulfide) groups is 2. The van der Waals surface area contributed by atoms with E-state index >= 15 is 0 Å². The van der Waals surface area contributed by atoms with Crippen molar-refractivity contribution in [2.75, 3.05) is 12.0 Å². The summed E-state index contributed by atoms with van der Waals surface area (Å²) in [5, 5.41) is 13.3. The normalized spacial score (nSPS) is 12.0. The van der Waals surface area contributed by atoms with Gasteiger partial charge in [-0.3, -0.25) is 4.79 Å². The molecule has 1 aromatic carbocycles. The highest BCUT2D eigenvalue weighted by molar-refractivity contribution is 8.03. The van der Waals surface area contributed by atoms with E-state index in [0.717, 1.165) is 19.1 Å².